The Morgan fingerprint density at radius 2 is 2.11 bits per heavy atom. The molecule has 0 atom stereocenters. The Morgan fingerprint density at radius 1 is 1.33 bits per heavy atom. The Morgan fingerprint density at radius 3 is 2.89 bits per heavy atom. The van der Waals surface area contributed by atoms with Crippen LogP contribution in [0.4, 0.5) is 0 Å². The second-order valence-electron chi connectivity index (χ2n) is 5.34. The summed E-state index contributed by atoms with van der Waals surface area (Å²) in [6, 6.07) is 6.88. The molecule has 1 aliphatic rings. The molecule has 2 heterocycles. The zero-order chi connectivity index (χ0) is 12.5. The van der Waals surface area contributed by atoms with Crippen molar-refractivity contribution in [2.24, 2.45) is 13.0 Å². The summed E-state index contributed by atoms with van der Waals surface area (Å²) in [7, 11) is 2.11. The summed E-state index contributed by atoms with van der Waals surface area (Å²) in [5.74, 6) is 0.854. The van der Waals surface area contributed by atoms with E-state index in [2.05, 4.69) is 57.3 Å². The highest BCUT2D eigenvalue weighted by molar-refractivity contribution is 9.10. The number of aryl methyl sites for hydroxylation is 1. The Bertz CT molecular complexity index is 553. The van der Waals surface area contributed by atoms with Gasteiger partial charge in [-0.1, -0.05) is 12.1 Å². The van der Waals surface area contributed by atoms with Crippen LogP contribution >= 0.6 is 15.9 Å². The van der Waals surface area contributed by atoms with Crippen molar-refractivity contribution in [2.75, 3.05) is 13.1 Å². The maximum atomic E-state index is 3.61. The van der Waals surface area contributed by atoms with E-state index in [1.165, 1.54) is 53.3 Å². The van der Waals surface area contributed by atoms with Crippen LogP contribution in [0.25, 0.3) is 10.9 Å². The Hall–Kier alpha value is -0.800. The number of rotatable bonds is 2. The fourth-order valence-electron chi connectivity index (χ4n) is 2.93. The van der Waals surface area contributed by atoms with Crippen molar-refractivity contribution in [1.29, 1.82) is 0 Å². The Labute approximate surface area is 116 Å². The van der Waals surface area contributed by atoms with Crippen molar-refractivity contribution in [3.05, 3.63) is 34.4 Å². The fourth-order valence-corrected chi connectivity index (χ4v) is 3.57. The number of hydrogen-bond acceptors (Lipinski definition) is 1. The Balaban J connectivity index is 1.86. The van der Waals surface area contributed by atoms with Crippen molar-refractivity contribution in [1.82, 2.24) is 9.88 Å². The van der Waals surface area contributed by atoms with E-state index in [1.54, 1.807) is 0 Å². The van der Waals surface area contributed by atoms with Crippen LogP contribution in [-0.4, -0.2) is 17.7 Å². The van der Waals surface area contributed by atoms with Gasteiger partial charge >= 0.3 is 0 Å². The first-order valence-electron chi connectivity index (χ1n) is 6.68. The highest BCUT2D eigenvalue weighted by Gasteiger charge is 2.14. The molecule has 1 N–H and O–H groups in total. The summed E-state index contributed by atoms with van der Waals surface area (Å²) in [6.07, 6.45) is 5.99. The van der Waals surface area contributed by atoms with Gasteiger partial charge in [-0.2, -0.15) is 0 Å². The third-order valence-corrected chi connectivity index (χ3v) is 4.62. The minimum Gasteiger partial charge on any atom is -0.349 e. The minimum absolute atomic E-state index is 0.854. The van der Waals surface area contributed by atoms with Gasteiger partial charge in [-0.15, -0.1) is 0 Å². The molecule has 0 unspecified atom stereocenters. The lowest BCUT2D eigenvalue weighted by Crippen LogP contribution is -2.28. The van der Waals surface area contributed by atoms with Gasteiger partial charge in [-0.05, 0) is 65.8 Å². The maximum Gasteiger partial charge on any atom is 0.0492 e. The summed E-state index contributed by atoms with van der Waals surface area (Å²) in [4.78, 5) is 0. The van der Waals surface area contributed by atoms with Gasteiger partial charge in [0.25, 0.3) is 0 Å². The monoisotopic (exact) mass is 306 g/mol. The largest absolute Gasteiger partial charge is 0.349 e. The topological polar surface area (TPSA) is 17.0 Å². The average Bonchev–Trinajstić information content (AvgIpc) is 2.66. The quantitative estimate of drug-likeness (QED) is 0.899. The van der Waals surface area contributed by atoms with Crippen molar-refractivity contribution >= 4 is 26.8 Å². The first-order chi connectivity index (χ1) is 8.74. The van der Waals surface area contributed by atoms with Gasteiger partial charge in [0.05, 0.1) is 0 Å². The van der Waals surface area contributed by atoms with Crippen molar-refractivity contribution in [3.63, 3.8) is 0 Å². The number of aromatic nitrogens is 1. The molecular formula is C15H19BrN2. The summed E-state index contributed by atoms with van der Waals surface area (Å²) in [5, 5.41) is 4.74. The van der Waals surface area contributed by atoms with Crippen LogP contribution in [-0.2, 0) is 13.5 Å². The van der Waals surface area contributed by atoms with Gasteiger partial charge in [-0.25, -0.2) is 0 Å². The number of fused-ring (bicyclic) bond motifs is 1. The predicted octanol–water partition coefficient (Wildman–Crippen LogP) is 3.48. The summed E-state index contributed by atoms with van der Waals surface area (Å²) >= 11 is 3.61. The first-order valence-corrected chi connectivity index (χ1v) is 7.47. The van der Waals surface area contributed by atoms with Gasteiger partial charge in [0, 0.05) is 28.6 Å². The van der Waals surface area contributed by atoms with Crippen molar-refractivity contribution in [3.8, 4) is 0 Å². The SMILES string of the molecule is Cn1cc(Br)c2ccc(CC3CCNCC3)cc21. The second kappa shape index (κ2) is 5.06. The molecule has 2 aromatic rings. The Kier molecular flexibility index (Phi) is 3.44. The summed E-state index contributed by atoms with van der Waals surface area (Å²) < 4.78 is 3.39. The molecule has 3 rings (SSSR count). The molecule has 18 heavy (non-hydrogen) atoms. The lowest BCUT2D eigenvalue weighted by Gasteiger charge is -2.22. The molecule has 3 heteroatoms. The molecule has 1 fully saturated rings. The van der Waals surface area contributed by atoms with E-state index in [0.29, 0.717) is 0 Å². The van der Waals surface area contributed by atoms with Gasteiger partial charge in [0.2, 0.25) is 0 Å². The molecule has 1 aliphatic heterocycles. The average molecular weight is 307 g/mol. The maximum absolute atomic E-state index is 3.61. The number of hydrogen-bond donors (Lipinski definition) is 1. The van der Waals surface area contributed by atoms with Gasteiger partial charge in [0.15, 0.2) is 0 Å². The molecule has 0 bridgehead atoms. The molecular weight excluding hydrogens is 288 g/mol. The van der Waals surface area contributed by atoms with Gasteiger partial charge in [0.1, 0.15) is 0 Å². The van der Waals surface area contributed by atoms with E-state index in [9.17, 15) is 0 Å². The molecule has 1 aromatic carbocycles. The normalized spacial score (nSPS) is 17.4. The van der Waals surface area contributed by atoms with Gasteiger partial charge < -0.3 is 9.88 Å². The molecule has 96 valence electrons. The highest BCUT2D eigenvalue weighted by atomic mass is 79.9. The van der Waals surface area contributed by atoms with E-state index in [1.807, 2.05) is 0 Å². The number of benzene rings is 1. The fraction of sp³-hybridized carbons (Fsp3) is 0.467. The van der Waals surface area contributed by atoms with Gasteiger partial charge in [-0.3, -0.25) is 0 Å². The number of nitrogens with zero attached hydrogens (tertiary/aromatic N) is 1. The summed E-state index contributed by atoms with van der Waals surface area (Å²) in [6.45, 7) is 2.37. The number of piperidine rings is 1. The van der Waals surface area contributed by atoms with Crippen LogP contribution in [0.15, 0.2) is 28.9 Å². The van der Waals surface area contributed by atoms with Crippen LogP contribution < -0.4 is 5.32 Å². The zero-order valence-corrected chi connectivity index (χ0v) is 12.3. The van der Waals surface area contributed by atoms with E-state index < -0.39 is 0 Å². The lowest BCUT2D eigenvalue weighted by molar-refractivity contribution is 0.373. The second-order valence-corrected chi connectivity index (χ2v) is 6.19. The molecule has 0 radical (unpaired) electrons. The number of nitrogens with one attached hydrogen (secondary N) is 1. The van der Waals surface area contributed by atoms with E-state index in [-0.39, 0.29) is 0 Å². The molecule has 0 saturated carbocycles. The number of halogens is 1. The first kappa shape index (κ1) is 12.2. The van der Waals surface area contributed by atoms with Crippen LogP contribution in [0, 0.1) is 5.92 Å². The standard InChI is InChI=1S/C15H19BrN2/c1-18-10-14(16)13-3-2-12(9-15(13)18)8-11-4-6-17-7-5-11/h2-3,9-11,17H,4-8H2,1H3. The third-order valence-electron chi connectivity index (χ3n) is 3.99. The molecule has 1 saturated heterocycles. The molecule has 1 aromatic heterocycles. The minimum atomic E-state index is 0.854. The highest BCUT2D eigenvalue weighted by Crippen LogP contribution is 2.27. The lowest BCUT2D eigenvalue weighted by atomic mass is 9.91. The smallest absolute Gasteiger partial charge is 0.0492 e. The van der Waals surface area contributed by atoms with Crippen LogP contribution in [0.3, 0.4) is 0 Å². The van der Waals surface area contributed by atoms with E-state index in [0.717, 1.165) is 5.92 Å². The van der Waals surface area contributed by atoms with Crippen LogP contribution in [0.1, 0.15) is 18.4 Å². The zero-order valence-electron chi connectivity index (χ0n) is 10.7. The molecule has 0 amide bonds. The molecule has 0 aliphatic carbocycles. The van der Waals surface area contributed by atoms with Crippen LogP contribution in [0.5, 0.6) is 0 Å². The van der Waals surface area contributed by atoms with Crippen molar-refractivity contribution < 1.29 is 0 Å². The van der Waals surface area contributed by atoms with Crippen molar-refractivity contribution in [2.45, 2.75) is 19.3 Å². The molecule has 0 spiro atoms. The predicted molar refractivity (Wildman–Crippen MR) is 79.9 cm³/mol. The van der Waals surface area contributed by atoms with Crippen LogP contribution in [0.2, 0.25) is 0 Å². The summed E-state index contributed by atoms with van der Waals surface area (Å²) in [5.41, 5.74) is 2.80. The van der Waals surface area contributed by atoms with E-state index >= 15 is 0 Å². The third kappa shape index (κ3) is 2.34. The molecule has 2 nitrogen and oxygen atoms in total. The van der Waals surface area contributed by atoms with E-state index in [4.69, 9.17) is 0 Å².